The molecule has 7 aliphatic rings. The highest BCUT2D eigenvalue weighted by Crippen LogP contribution is 2.68. The molecule has 5 unspecified atom stereocenters. The third-order valence-electron chi connectivity index (χ3n) is 15.8. The van der Waals surface area contributed by atoms with E-state index < -0.39 is 0 Å². The number of piperazine rings is 2. The number of nitrogens with one attached hydrogen (secondary N) is 3. The molecule has 5 atom stereocenters. The Morgan fingerprint density at radius 3 is 2.34 bits per heavy atom. The van der Waals surface area contributed by atoms with Crippen LogP contribution in [-0.2, 0) is 0 Å². The highest BCUT2D eigenvalue weighted by Gasteiger charge is 2.65. The Morgan fingerprint density at radius 2 is 1.74 bits per heavy atom. The van der Waals surface area contributed by atoms with Crippen LogP contribution in [0.25, 0.3) is 5.70 Å². The fraction of sp³-hybridized carbons (Fsp3) is 0.517. The molecule has 68 heavy (non-hydrogen) atoms. The first-order chi connectivity index (χ1) is 33.0. The van der Waals surface area contributed by atoms with E-state index in [4.69, 9.17) is 10.7 Å². The number of aliphatic imine (C=N–C) groups is 1. The average Bonchev–Trinajstić information content (AvgIpc) is 4.00. The van der Waals surface area contributed by atoms with Gasteiger partial charge in [-0.1, -0.05) is 85.6 Å². The summed E-state index contributed by atoms with van der Waals surface area (Å²) < 4.78 is 0. The molecule has 0 amide bonds. The van der Waals surface area contributed by atoms with Crippen molar-refractivity contribution >= 4 is 17.1 Å². The second-order valence-corrected chi connectivity index (χ2v) is 19.9. The first-order valence-electron chi connectivity index (χ1n) is 25.8. The van der Waals surface area contributed by atoms with E-state index in [2.05, 4.69) is 150 Å². The largest absolute Gasteiger partial charge is 0.397 e. The smallest absolute Gasteiger partial charge is 0.103 e. The maximum Gasteiger partial charge on any atom is 0.103 e. The summed E-state index contributed by atoms with van der Waals surface area (Å²) in [5.74, 6) is 1.73. The van der Waals surface area contributed by atoms with Crippen LogP contribution in [0.2, 0.25) is 0 Å². The maximum absolute atomic E-state index is 6.08. The highest BCUT2D eigenvalue weighted by atomic mass is 15.3. The average molecular weight is 919 g/mol. The zero-order valence-electron chi connectivity index (χ0n) is 42.5. The zero-order chi connectivity index (χ0) is 48.4. The molecule has 0 aromatic carbocycles. The van der Waals surface area contributed by atoms with Crippen molar-refractivity contribution in [3.8, 4) is 0 Å². The Bertz CT molecular complexity index is 2310. The van der Waals surface area contributed by atoms with Crippen molar-refractivity contribution in [2.24, 2.45) is 33.9 Å². The Kier molecular flexibility index (Phi) is 17.2. The fourth-order valence-corrected chi connectivity index (χ4v) is 11.8. The van der Waals surface area contributed by atoms with E-state index in [9.17, 15) is 0 Å². The lowest BCUT2D eigenvalue weighted by molar-refractivity contribution is 0.109. The molecule has 5 N–H and O–H groups in total. The van der Waals surface area contributed by atoms with Crippen molar-refractivity contribution in [1.82, 2.24) is 35.6 Å². The molecule has 1 aromatic rings. The van der Waals surface area contributed by atoms with Crippen molar-refractivity contribution in [2.75, 3.05) is 64.3 Å². The number of anilines is 1. The molecule has 0 bridgehead atoms. The zero-order valence-corrected chi connectivity index (χ0v) is 42.5. The van der Waals surface area contributed by atoms with Gasteiger partial charge in [0.2, 0.25) is 0 Å². The number of nitrogens with zero attached hydrogens (tertiary/aromatic N) is 6. The molecule has 4 aliphatic heterocycles. The van der Waals surface area contributed by atoms with E-state index in [0.29, 0.717) is 23.9 Å². The minimum Gasteiger partial charge on any atom is -0.397 e. The number of rotatable bonds is 15. The van der Waals surface area contributed by atoms with Gasteiger partial charge in [-0.2, -0.15) is 0 Å². The Hall–Kier alpha value is -5.50. The summed E-state index contributed by atoms with van der Waals surface area (Å²) in [5, 5.41) is 10.5. The van der Waals surface area contributed by atoms with Crippen LogP contribution in [0.3, 0.4) is 0 Å². The summed E-state index contributed by atoms with van der Waals surface area (Å²) in [7, 11) is 1.92. The topological polar surface area (TPSA) is 100 Å². The van der Waals surface area contributed by atoms with Gasteiger partial charge >= 0.3 is 0 Å². The fourth-order valence-electron chi connectivity index (χ4n) is 11.8. The minimum atomic E-state index is 0.278. The second kappa shape index (κ2) is 23.2. The van der Waals surface area contributed by atoms with E-state index in [1.807, 2.05) is 31.5 Å². The SMILES string of the molecule is C=C1NC(C2CCCC(N3CCN(c4ccc(/C(N)=C\CC)nc4)CC3)C2)=CC=C1CC.C=C=C1NC(C23CCC(N4CCN(/C(C=C)=C/C=C(/C(=C=C)NC)C(C)C)CC4)C2C3)=CN=C1CC. The molecule has 364 valence electrons. The van der Waals surface area contributed by atoms with Crippen molar-refractivity contribution in [1.29, 1.82) is 0 Å². The molecule has 0 spiro atoms. The summed E-state index contributed by atoms with van der Waals surface area (Å²) >= 11 is 0. The van der Waals surface area contributed by atoms with Crippen molar-refractivity contribution < 1.29 is 0 Å². The molecule has 2 saturated heterocycles. The van der Waals surface area contributed by atoms with E-state index in [-0.39, 0.29) is 5.41 Å². The van der Waals surface area contributed by atoms with Gasteiger partial charge in [0.15, 0.2) is 0 Å². The summed E-state index contributed by atoms with van der Waals surface area (Å²) in [4.78, 5) is 19.7. The maximum atomic E-state index is 6.08. The minimum absolute atomic E-state index is 0.278. The van der Waals surface area contributed by atoms with Crippen LogP contribution in [0.4, 0.5) is 5.69 Å². The molecule has 5 heterocycles. The highest BCUT2D eigenvalue weighted by molar-refractivity contribution is 6.00. The predicted octanol–water partition coefficient (Wildman–Crippen LogP) is 10.1. The van der Waals surface area contributed by atoms with Gasteiger partial charge in [-0.25, -0.2) is 0 Å². The summed E-state index contributed by atoms with van der Waals surface area (Å²) in [6.45, 7) is 35.5. The van der Waals surface area contributed by atoms with E-state index in [0.717, 1.165) is 112 Å². The quantitative estimate of drug-likeness (QED) is 0.101. The second-order valence-electron chi connectivity index (χ2n) is 19.9. The predicted molar refractivity (Wildman–Crippen MR) is 286 cm³/mol. The molecule has 0 radical (unpaired) electrons. The molecule has 10 heteroatoms. The van der Waals surface area contributed by atoms with Crippen LogP contribution >= 0.6 is 0 Å². The lowest BCUT2D eigenvalue weighted by atomic mass is 9.81. The number of dihydropyridines is 1. The summed E-state index contributed by atoms with van der Waals surface area (Å²) in [6, 6.07) is 5.56. The number of hydrogen-bond acceptors (Lipinski definition) is 10. The number of allylic oxidation sites excluding steroid dienone is 11. The van der Waals surface area contributed by atoms with Crippen LogP contribution in [0.5, 0.6) is 0 Å². The van der Waals surface area contributed by atoms with Crippen molar-refractivity contribution in [3.63, 3.8) is 0 Å². The van der Waals surface area contributed by atoms with Gasteiger partial charge in [0.25, 0.3) is 0 Å². The van der Waals surface area contributed by atoms with E-state index in [1.165, 1.54) is 78.9 Å². The Labute approximate surface area is 410 Å². The van der Waals surface area contributed by atoms with Crippen LogP contribution in [-0.4, -0.2) is 96.9 Å². The standard InChI is InChI=1S/C31H43N5.C27H39N5/c1-8-23(12-13-24(22(5)6)26(9-2)32-7)35-16-18-36(19-17-35)29-14-15-31(20-25(29)31)30-21-33-27(10-3)28(11-4)34-30;1-4-7-25(28)27-13-11-24(19-29-27)32-16-14-31(15-17-32)23-9-6-8-22(18-23)26-12-10-21(5-2)20(3)30-26/h8,12-13,21-22,25,29,32,34H,1-2,4,10,14-20H2,3,5-7H3;7,10-13,19,22-23,30H,3-6,8-9,14-18,28H2,1-2H3/b23-12+,24-13+;25-7+. The van der Waals surface area contributed by atoms with Gasteiger partial charge in [-0.15, -0.1) is 11.5 Å². The molecular weight excluding hydrogens is 837 g/mol. The first-order valence-corrected chi connectivity index (χ1v) is 25.8. The third-order valence-corrected chi connectivity index (χ3v) is 15.8. The van der Waals surface area contributed by atoms with Gasteiger partial charge < -0.3 is 31.5 Å². The summed E-state index contributed by atoms with van der Waals surface area (Å²) in [6.07, 6.45) is 28.8. The Morgan fingerprint density at radius 1 is 0.971 bits per heavy atom. The van der Waals surface area contributed by atoms with Gasteiger partial charge in [0.05, 0.1) is 34.7 Å². The molecule has 3 aliphatic carbocycles. The molecule has 10 nitrogen and oxygen atoms in total. The molecule has 3 saturated carbocycles. The van der Waals surface area contributed by atoms with Gasteiger partial charge in [-0.3, -0.25) is 19.8 Å². The number of likely N-dealkylation sites (N-methyl/N-ethyl adjacent to an activating group) is 1. The molecule has 8 rings (SSSR count). The van der Waals surface area contributed by atoms with Crippen molar-refractivity contribution in [3.05, 3.63) is 150 Å². The first kappa shape index (κ1) is 50.4. The molecular formula is C58H82N10. The Balaban J connectivity index is 0.000000203. The monoisotopic (exact) mass is 919 g/mol. The van der Waals surface area contributed by atoms with Crippen LogP contribution < -0.4 is 26.6 Å². The summed E-state index contributed by atoms with van der Waals surface area (Å²) in [5.41, 5.74) is 25.7. The van der Waals surface area contributed by atoms with Gasteiger partial charge in [-0.05, 0) is 111 Å². The number of fused-ring (bicyclic) bond motifs is 1. The number of pyridine rings is 1. The van der Waals surface area contributed by atoms with E-state index >= 15 is 0 Å². The lowest BCUT2D eigenvalue weighted by Gasteiger charge is -2.43. The van der Waals surface area contributed by atoms with Gasteiger partial charge in [0.1, 0.15) is 5.70 Å². The van der Waals surface area contributed by atoms with Crippen LogP contribution in [0, 0.1) is 23.2 Å². The van der Waals surface area contributed by atoms with E-state index in [1.54, 1.807) is 0 Å². The van der Waals surface area contributed by atoms with Gasteiger partial charge in [0, 0.05) is 112 Å². The number of nitrogens with two attached hydrogens (primary N) is 1. The number of aromatic nitrogens is 1. The third kappa shape index (κ3) is 11.3. The van der Waals surface area contributed by atoms with Crippen LogP contribution in [0.15, 0.2) is 149 Å². The lowest BCUT2D eigenvalue weighted by Crippen LogP contribution is -2.51. The number of hydrogen-bond donors (Lipinski definition) is 4. The molecule has 1 aromatic heterocycles. The molecule has 5 fully saturated rings. The van der Waals surface area contributed by atoms with Crippen LogP contribution in [0.1, 0.15) is 105 Å². The normalized spacial score (nSPS) is 27.0. The van der Waals surface area contributed by atoms with Crippen molar-refractivity contribution in [2.45, 2.75) is 111 Å².